The second-order valence-electron chi connectivity index (χ2n) is 13.0. The third-order valence-electron chi connectivity index (χ3n) is 9.43. The van der Waals surface area contributed by atoms with Crippen LogP contribution in [0.25, 0.3) is 90.1 Å². The van der Waals surface area contributed by atoms with Crippen LogP contribution < -0.4 is 0 Å². The van der Waals surface area contributed by atoms with Gasteiger partial charge in [0.1, 0.15) is 0 Å². The van der Waals surface area contributed by atoms with Crippen LogP contribution in [0.4, 0.5) is 0 Å². The van der Waals surface area contributed by atoms with Gasteiger partial charge in [-0.2, -0.15) is 0 Å². The number of hydrogen-bond acceptors (Lipinski definition) is 5. The second kappa shape index (κ2) is 14.7. The van der Waals surface area contributed by atoms with Gasteiger partial charge in [0.2, 0.25) is 0 Å². The minimum absolute atomic E-state index is 0.701. The molecule has 54 heavy (non-hydrogen) atoms. The van der Waals surface area contributed by atoms with Crippen LogP contribution in [0.3, 0.4) is 0 Å². The lowest BCUT2D eigenvalue weighted by molar-refractivity contribution is 1.18. The first-order valence-electron chi connectivity index (χ1n) is 17.9. The van der Waals surface area contributed by atoms with E-state index in [-0.39, 0.29) is 0 Å². The van der Waals surface area contributed by atoms with E-state index in [1.807, 2.05) is 85.1 Å². The molecule has 5 aromatic carbocycles. The normalized spacial score (nSPS) is 11.0. The maximum Gasteiger partial charge on any atom is 0.160 e. The third-order valence-corrected chi connectivity index (χ3v) is 9.43. The van der Waals surface area contributed by atoms with Crippen molar-refractivity contribution in [1.82, 2.24) is 24.9 Å². The highest BCUT2D eigenvalue weighted by atomic mass is 14.9. The zero-order valence-electron chi connectivity index (χ0n) is 29.3. The Balaban J connectivity index is 1.08. The fourth-order valence-electron chi connectivity index (χ4n) is 6.70. The van der Waals surface area contributed by atoms with Gasteiger partial charge in [-0.15, -0.1) is 0 Å². The predicted octanol–water partition coefficient (Wildman–Crippen LogP) is 12.0. The zero-order chi connectivity index (χ0) is 36.1. The molecule has 0 spiro atoms. The maximum atomic E-state index is 5.12. The predicted molar refractivity (Wildman–Crippen MR) is 219 cm³/mol. The van der Waals surface area contributed by atoms with E-state index in [9.17, 15) is 0 Å². The lowest BCUT2D eigenvalue weighted by Crippen LogP contribution is -1.96. The van der Waals surface area contributed by atoms with Crippen molar-refractivity contribution in [2.24, 2.45) is 0 Å². The molecule has 9 rings (SSSR count). The smallest absolute Gasteiger partial charge is 0.160 e. The number of rotatable bonds is 8. The molecule has 0 amide bonds. The second-order valence-corrected chi connectivity index (χ2v) is 13.0. The lowest BCUT2D eigenvalue weighted by Gasteiger charge is -2.13. The SMILES string of the molecule is c1ccc(-c2cc(-c3ccccn3)nc(-c3ncccc3-c3cccc(-c4ccc(-c5cc(-c6ccccc6)nc(-c6ccccc6)n5)cc4)c3)c2)cc1. The van der Waals surface area contributed by atoms with Crippen molar-refractivity contribution < 1.29 is 0 Å². The molecule has 4 aromatic heterocycles. The Morgan fingerprint density at radius 1 is 0.259 bits per heavy atom. The van der Waals surface area contributed by atoms with Gasteiger partial charge in [-0.05, 0) is 70.3 Å². The molecule has 0 aliphatic heterocycles. The van der Waals surface area contributed by atoms with E-state index in [1.54, 1.807) is 6.20 Å². The van der Waals surface area contributed by atoms with Crippen molar-refractivity contribution in [2.45, 2.75) is 0 Å². The fraction of sp³-hybridized carbons (Fsp3) is 0. The van der Waals surface area contributed by atoms with Crippen molar-refractivity contribution in [3.63, 3.8) is 0 Å². The molecule has 0 atom stereocenters. The van der Waals surface area contributed by atoms with E-state index in [0.29, 0.717) is 5.82 Å². The number of pyridine rings is 3. The van der Waals surface area contributed by atoms with Crippen molar-refractivity contribution in [2.75, 3.05) is 0 Å². The van der Waals surface area contributed by atoms with Gasteiger partial charge < -0.3 is 0 Å². The summed E-state index contributed by atoms with van der Waals surface area (Å²) in [6.07, 6.45) is 3.63. The van der Waals surface area contributed by atoms with Crippen molar-refractivity contribution in [3.8, 4) is 90.1 Å². The number of nitrogens with zero attached hydrogens (tertiary/aromatic N) is 5. The Labute approximate surface area is 314 Å². The Morgan fingerprint density at radius 3 is 1.52 bits per heavy atom. The molecule has 9 aromatic rings. The molecule has 0 aliphatic carbocycles. The average molecular weight is 692 g/mol. The summed E-state index contributed by atoms with van der Waals surface area (Å²) in [7, 11) is 0. The zero-order valence-corrected chi connectivity index (χ0v) is 29.3. The van der Waals surface area contributed by atoms with Crippen LogP contribution >= 0.6 is 0 Å². The summed E-state index contributed by atoms with van der Waals surface area (Å²) >= 11 is 0. The molecule has 5 nitrogen and oxygen atoms in total. The van der Waals surface area contributed by atoms with Gasteiger partial charge >= 0.3 is 0 Å². The molecule has 0 radical (unpaired) electrons. The molecule has 0 saturated heterocycles. The first-order chi connectivity index (χ1) is 26.7. The first kappa shape index (κ1) is 32.5. The fourth-order valence-corrected chi connectivity index (χ4v) is 6.70. The Morgan fingerprint density at radius 2 is 0.815 bits per heavy atom. The van der Waals surface area contributed by atoms with Crippen LogP contribution in [0.15, 0.2) is 200 Å². The van der Waals surface area contributed by atoms with E-state index in [2.05, 4.69) is 114 Å². The Kier molecular flexibility index (Phi) is 8.86. The molecule has 254 valence electrons. The van der Waals surface area contributed by atoms with Crippen LogP contribution in [0.2, 0.25) is 0 Å². The van der Waals surface area contributed by atoms with Crippen LogP contribution in [0, 0.1) is 0 Å². The number of hydrogen-bond donors (Lipinski definition) is 0. The lowest BCUT2D eigenvalue weighted by atomic mass is 9.95. The van der Waals surface area contributed by atoms with Gasteiger partial charge in [0.05, 0.1) is 34.2 Å². The Bertz CT molecular complexity index is 2560. The van der Waals surface area contributed by atoms with Crippen LogP contribution in [0.1, 0.15) is 0 Å². The minimum atomic E-state index is 0.701. The Hall–Kier alpha value is -7.37. The number of aromatic nitrogens is 5. The molecule has 0 saturated carbocycles. The molecule has 0 unspecified atom stereocenters. The highest BCUT2D eigenvalue weighted by molar-refractivity contribution is 5.85. The largest absolute Gasteiger partial charge is 0.255 e. The molecular weight excluding hydrogens is 659 g/mol. The van der Waals surface area contributed by atoms with Crippen LogP contribution in [-0.4, -0.2) is 24.9 Å². The van der Waals surface area contributed by atoms with E-state index in [1.165, 1.54) is 0 Å². The monoisotopic (exact) mass is 691 g/mol. The molecule has 0 aliphatic rings. The van der Waals surface area contributed by atoms with Gasteiger partial charge in [0, 0.05) is 34.6 Å². The summed E-state index contributed by atoms with van der Waals surface area (Å²) in [5.74, 6) is 0.701. The van der Waals surface area contributed by atoms with Crippen molar-refractivity contribution in [3.05, 3.63) is 200 Å². The molecule has 0 fully saturated rings. The highest BCUT2D eigenvalue weighted by Gasteiger charge is 2.16. The summed E-state index contributed by atoms with van der Waals surface area (Å²) in [5, 5.41) is 0. The highest BCUT2D eigenvalue weighted by Crippen LogP contribution is 2.36. The molecule has 0 bridgehead atoms. The summed E-state index contributed by atoms with van der Waals surface area (Å²) in [4.78, 5) is 24.6. The van der Waals surface area contributed by atoms with Gasteiger partial charge in [-0.3, -0.25) is 9.97 Å². The third kappa shape index (κ3) is 6.82. The van der Waals surface area contributed by atoms with Crippen LogP contribution in [0.5, 0.6) is 0 Å². The van der Waals surface area contributed by atoms with Crippen molar-refractivity contribution >= 4 is 0 Å². The van der Waals surface area contributed by atoms with Gasteiger partial charge in [-0.1, -0.05) is 146 Å². The summed E-state index contributed by atoms with van der Waals surface area (Å²) < 4.78 is 0. The topological polar surface area (TPSA) is 64.5 Å². The van der Waals surface area contributed by atoms with Crippen molar-refractivity contribution in [1.29, 1.82) is 0 Å². The average Bonchev–Trinajstić information content (AvgIpc) is 3.27. The van der Waals surface area contributed by atoms with E-state index >= 15 is 0 Å². The first-order valence-corrected chi connectivity index (χ1v) is 17.9. The number of benzene rings is 5. The van der Waals surface area contributed by atoms with Gasteiger partial charge in [-0.25, -0.2) is 15.0 Å². The summed E-state index contributed by atoms with van der Waals surface area (Å²) in [5.41, 5.74) is 14.5. The molecule has 0 N–H and O–H groups in total. The van der Waals surface area contributed by atoms with E-state index in [4.69, 9.17) is 19.9 Å². The molecule has 5 heteroatoms. The minimum Gasteiger partial charge on any atom is -0.255 e. The van der Waals surface area contributed by atoms with Gasteiger partial charge in [0.25, 0.3) is 0 Å². The summed E-state index contributed by atoms with van der Waals surface area (Å²) in [6, 6.07) is 64.3. The quantitative estimate of drug-likeness (QED) is 0.159. The van der Waals surface area contributed by atoms with E-state index in [0.717, 1.165) is 84.2 Å². The maximum absolute atomic E-state index is 5.12. The van der Waals surface area contributed by atoms with Gasteiger partial charge in [0.15, 0.2) is 5.82 Å². The molecule has 4 heterocycles. The van der Waals surface area contributed by atoms with Crippen LogP contribution in [-0.2, 0) is 0 Å². The summed E-state index contributed by atoms with van der Waals surface area (Å²) in [6.45, 7) is 0. The van der Waals surface area contributed by atoms with E-state index < -0.39 is 0 Å². The standard InChI is InChI=1S/C49H33N5/c1-4-14-34(15-5-1)41-31-46(43-23-10-11-28-50-43)52-47(32-41)48-42(22-13-29-51-48)40-21-12-20-39(30-40)35-24-26-37(27-25-35)45-33-44(36-16-6-2-7-17-36)53-49(54-45)38-18-8-3-9-19-38/h1-33H. The molecular formula is C49H33N5.